The number of aromatic nitrogens is 2. The summed E-state index contributed by atoms with van der Waals surface area (Å²) in [5.41, 5.74) is 0.0807. The highest BCUT2D eigenvalue weighted by Crippen LogP contribution is 2.39. The Balaban J connectivity index is 2.85. The first kappa shape index (κ1) is 16.7. The Morgan fingerprint density at radius 3 is 1.04 bits per heavy atom. The van der Waals surface area contributed by atoms with Crippen LogP contribution < -0.4 is 10.4 Å². The molecule has 0 radical (unpaired) electrons. The smallest absolute Gasteiger partial charge is 0.203 e. The number of nitrogens with zero attached hydrogens (tertiary/aromatic N) is 2. The predicted octanol–water partition coefficient (Wildman–Crippen LogP) is 1.72. The van der Waals surface area contributed by atoms with Gasteiger partial charge >= 0.3 is 0 Å². The van der Waals surface area contributed by atoms with Crippen molar-refractivity contribution in [2.75, 3.05) is 0 Å². The van der Waals surface area contributed by atoms with Gasteiger partial charge in [0.15, 0.2) is 0 Å². The van der Waals surface area contributed by atoms with Crippen LogP contribution >= 0.6 is 31.9 Å². The van der Waals surface area contributed by atoms with E-state index in [1.807, 2.05) is 0 Å². The first-order valence-electron chi connectivity index (χ1n) is 6.55. The van der Waals surface area contributed by atoms with Gasteiger partial charge in [0.1, 0.15) is 0 Å². The summed E-state index contributed by atoms with van der Waals surface area (Å²) < 4.78 is 2.19. The Labute approximate surface area is 150 Å². The molecule has 0 aliphatic rings. The molecule has 8 nitrogen and oxygen atoms in total. The van der Waals surface area contributed by atoms with Crippen molar-refractivity contribution in [1.82, 2.24) is 9.13 Å². The van der Waals surface area contributed by atoms with Crippen LogP contribution in [-0.4, -0.2) is 39.8 Å². The number of fused-ring (bicyclic) bond motifs is 2. The number of benzene rings is 1. The summed E-state index contributed by atoms with van der Waals surface area (Å²) in [5, 5.41) is 60.9. The summed E-state index contributed by atoms with van der Waals surface area (Å²) >= 11 is 6.23. The molecule has 3 rings (SSSR count). The van der Waals surface area contributed by atoms with Crippen molar-refractivity contribution in [3.05, 3.63) is 10.4 Å². The first-order chi connectivity index (χ1) is 11.4. The molecular weight excluding hydrogens is 452 g/mol. The normalized spacial score (nSPS) is 11.4. The molecule has 0 atom stereocenters. The second kappa shape index (κ2) is 5.71. The molecule has 0 spiro atoms. The number of halogens is 2. The highest BCUT2D eigenvalue weighted by molar-refractivity contribution is 9.08. The summed E-state index contributed by atoms with van der Waals surface area (Å²) in [7, 11) is 0. The van der Waals surface area contributed by atoms with Crippen molar-refractivity contribution in [2.45, 2.75) is 10.9 Å². The fourth-order valence-electron chi connectivity index (χ4n) is 2.94. The number of hydrogen-bond acceptors (Lipinski definition) is 6. The maximum absolute atomic E-state index is 10.4. The van der Waals surface area contributed by atoms with E-state index in [2.05, 4.69) is 31.9 Å². The van der Waals surface area contributed by atoms with Gasteiger partial charge in [0.2, 0.25) is 23.5 Å². The highest BCUT2D eigenvalue weighted by atomic mass is 79.9. The predicted molar refractivity (Wildman–Crippen MR) is 95.4 cm³/mol. The molecule has 0 aliphatic carbocycles. The van der Waals surface area contributed by atoms with Gasteiger partial charge in [0, 0.05) is 10.4 Å². The third kappa shape index (κ3) is 1.83. The van der Waals surface area contributed by atoms with Crippen LogP contribution in [0.15, 0.2) is 0 Å². The maximum atomic E-state index is 10.4. The SMILES string of the molecule is OC=c1c2c(O)n(CBr)c(O)c2c(=CO)c2c(O)n(CBr)c(O)c12. The van der Waals surface area contributed by atoms with Crippen LogP contribution in [-0.2, 0) is 10.9 Å². The van der Waals surface area contributed by atoms with E-state index in [1.165, 1.54) is 0 Å². The summed E-state index contributed by atoms with van der Waals surface area (Å²) in [6.45, 7) is 0. The molecule has 10 heteroatoms. The van der Waals surface area contributed by atoms with Crippen molar-refractivity contribution in [1.29, 1.82) is 0 Å². The van der Waals surface area contributed by atoms with Crippen molar-refractivity contribution in [3.8, 4) is 23.5 Å². The minimum Gasteiger partial charge on any atom is -0.515 e. The third-order valence-corrected chi connectivity index (χ3v) is 4.99. The molecule has 6 N–H and O–H groups in total. The molecule has 0 saturated heterocycles. The molecule has 2 heterocycles. The van der Waals surface area contributed by atoms with Crippen molar-refractivity contribution < 1.29 is 30.6 Å². The Kier molecular flexibility index (Phi) is 3.96. The molecule has 0 bridgehead atoms. The number of aliphatic hydroxyl groups excluding tert-OH is 2. The number of alkyl halides is 2. The van der Waals surface area contributed by atoms with Crippen LogP contribution in [0.25, 0.3) is 34.1 Å². The van der Waals surface area contributed by atoms with Crippen LogP contribution in [0.3, 0.4) is 0 Å². The van der Waals surface area contributed by atoms with E-state index < -0.39 is 0 Å². The molecule has 128 valence electrons. The van der Waals surface area contributed by atoms with Crippen molar-refractivity contribution in [2.24, 2.45) is 0 Å². The lowest BCUT2D eigenvalue weighted by Gasteiger charge is -2.00. The zero-order chi connectivity index (χ0) is 17.8. The van der Waals surface area contributed by atoms with Gasteiger partial charge in [-0.05, 0) is 0 Å². The van der Waals surface area contributed by atoms with Crippen LogP contribution in [0, 0.1) is 0 Å². The van der Waals surface area contributed by atoms with Gasteiger partial charge in [0.25, 0.3) is 0 Å². The first-order valence-corrected chi connectivity index (χ1v) is 8.79. The van der Waals surface area contributed by atoms with Gasteiger partial charge in [-0.1, -0.05) is 31.9 Å². The number of aliphatic hydroxyl groups is 2. The van der Waals surface area contributed by atoms with Crippen LogP contribution in [0.1, 0.15) is 0 Å². The van der Waals surface area contributed by atoms with Gasteiger partial charge in [-0.3, -0.25) is 9.13 Å². The lowest BCUT2D eigenvalue weighted by Crippen LogP contribution is -2.12. The van der Waals surface area contributed by atoms with E-state index in [0.717, 1.165) is 9.13 Å². The van der Waals surface area contributed by atoms with E-state index in [4.69, 9.17) is 0 Å². The lowest BCUT2D eigenvalue weighted by atomic mass is 10.0. The van der Waals surface area contributed by atoms with Gasteiger partial charge in [0.05, 0.1) is 45.0 Å². The fourth-order valence-corrected chi connectivity index (χ4v) is 3.89. The lowest BCUT2D eigenvalue weighted by molar-refractivity contribution is 0.389. The average Bonchev–Trinajstić information content (AvgIpc) is 2.97. The van der Waals surface area contributed by atoms with Gasteiger partial charge in [-0.25, -0.2) is 0 Å². The summed E-state index contributed by atoms with van der Waals surface area (Å²) in [6.07, 6.45) is 1.31. The van der Waals surface area contributed by atoms with E-state index in [-0.39, 0.29) is 66.4 Å². The molecule has 0 unspecified atom stereocenters. The molecule has 0 fully saturated rings. The van der Waals surface area contributed by atoms with Crippen LogP contribution in [0.2, 0.25) is 0 Å². The summed E-state index contributed by atoms with van der Waals surface area (Å²) in [5.74, 6) is -1.52. The Bertz CT molecular complexity index is 941. The topological polar surface area (TPSA) is 131 Å². The van der Waals surface area contributed by atoms with E-state index in [1.54, 1.807) is 0 Å². The Hall–Kier alpha value is -2.20. The molecular formula is C14H12Br2N2O6. The second-order valence-electron chi connectivity index (χ2n) is 4.98. The zero-order valence-corrected chi connectivity index (χ0v) is 15.1. The minimum atomic E-state index is -0.379. The van der Waals surface area contributed by atoms with Crippen molar-refractivity contribution >= 4 is 65.9 Å². The molecule has 0 amide bonds. The highest BCUT2D eigenvalue weighted by Gasteiger charge is 2.26. The molecule has 24 heavy (non-hydrogen) atoms. The average molecular weight is 464 g/mol. The summed E-state index contributed by atoms with van der Waals surface area (Å²) in [4.78, 5) is 0. The van der Waals surface area contributed by atoms with Crippen molar-refractivity contribution in [3.63, 3.8) is 0 Å². The van der Waals surface area contributed by atoms with Crippen LogP contribution in [0.5, 0.6) is 23.5 Å². The van der Waals surface area contributed by atoms with Gasteiger partial charge in [-0.2, -0.15) is 0 Å². The molecule has 0 aliphatic heterocycles. The molecule has 1 aromatic carbocycles. The minimum absolute atomic E-state index is 0.00870. The fraction of sp³-hybridized carbons (Fsp3) is 0.143. The van der Waals surface area contributed by atoms with E-state index in [9.17, 15) is 30.6 Å². The maximum Gasteiger partial charge on any atom is 0.203 e. The largest absolute Gasteiger partial charge is 0.515 e. The monoisotopic (exact) mass is 462 g/mol. The number of hydrogen-bond donors (Lipinski definition) is 6. The molecule has 3 aromatic rings. The van der Waals surface area contributed by atoms with Crippen LogP contribution in [0.4, 0.5) is 0 Å². The quantitative estimate of drug-likeness (QED) is 0.321. The summed E-state index contributed by atoms with van der Waals surface area (Å²) in [6, 6.07) is 0. The Morgan fingerprint density at radius 1 is 0.625 bits per heavy atom. The zero-order valence-electron chi connectivity index (χ0n) is 11.9. The molecule has 2 aromatic heterocycles. The van der Waals surface area contributed by atoms with E-state index in [0.29, 0.717) is 12.5 Å². The number of rotatable bonds is 2. The molecule has 0 saturated carbocycles. The van der Waals surface area contributed by atoms with E-state index >= 15 is 0 Å². The van der Waals surface area contributed by atoms with Gasteiger partial charge in [-0.15, -0.1) is 0 Å². The van der Waals surface area contributed by atoms with Gasteiger partial charge < -0.3 is 30.6 Å². The Morgan fingerprint density at radius 2 is 0.875 bits per heavy atom. The number of aromatic hydroxyl groups is 4. The standard InChI is InChI=1S/C14H12Br2N2O6/c15-3-17-11(21)7-5(1-19)8-10(6(2-20)9(7)13(17)23)14(24)18(4-16)12(8)22/h1-2,19-24H,3-4H2. The second-order valence-corrected chi connectivity index (χ2v) is 5.98. The third-order valence-electron chi connectivity index (χ3n) is 3.99.